The summed E-state index contributed by atoms with van der Waals surface area (Å²) in [7, 11) is 0. The van der Waals surface area contributed by atoms with Crippen LogP contribution in [-0.2, 0) is 0 Å². The second-order valence-corrected chi connectivity index (χ2v) is 4.50. The normalized spacial score (nSPS) is 10.7. The van der Waals surface area contributed by atoms with Crippen LogP contribution >= 0.6 is 0 Å². The molecule has 2 heterocycles. The second kappa shape index (κ2) is 5.61. The van der Waals surface area contributed by atoms with Gasteiger partial charge in [0.1, 0.15) is 12.0 Å². The van der Waals surface area contributed by atoms with Crippen molar-refractivity contribution in [3.05, 3.63) is 43.0 Å². The number of anilines is 1. The van der Waals surface area contributed by atoms with Crippen molar-refractivity contribution in [2.75, 3.05) is 11.9 Å². The van der Waals surface area contributed by atoms with Gasteiger partial charge in [-0.25, -0.2) is 9.97 Å². The summed E-state index contributed by atoms with van der Waals surface area (Å²) in [6.45, 7) is 3.00. The summed E-state index contributed by atoms with van der Waals surface area (Å²) < 4.78 is 0. The number of nitrogens with one attached hydrogen (secondary N) is 1. The molecule has 1 aromatic carbocycles. The Morgan fingerprint density at radius 3 is 2.50 bits per heavy atom. The molecule has 3 aromatic rings. The fourth-order valence-corrected chi connectivity index (χ4v) is 2.11. The van der Waals surface area contributed by atoms with E-state index in [1.54, 1.807) is 12.4 Å². The number of fused-ring (bicyclic) bond motifs is 1. The van der Waals surface area contributed by atoms with E-state index in [2.05, 4.69) is 38.5 Å². The van der Waals surface area contributed by atoms with Gasteiger partial charge in [0.05, 0.1) is 0 Å². The fraction of sp³-hybridized carbons (Fsp3) is 0.200. The van der Waals surface area contributed by atoms with Gasteiger partial charge >= 0.3 is 0 Å². The minimum absolute atomic E-state index is 0.809. The topological polar surface area (TPSA) is 63.6 Å². The molecule has 5 nitrogen and oxygen atoms in total. The van der Waals surface area contributed by atoms with Crippen molar-refractivity contribution in [3.8, 4) is 11.3 Å². The van der Waals surface area contributed by atoms with E-state index in [1.165, 1.54) is 6.33 Å². The minimum Gasteiger partial charge on any atom is -0.368 e. The molecular weight excluding hydrogens is 250 g/mol. The lowest BCUT2D eigenvalue weighted by Gasteiger charge is -2.10. The van der Waals surface area contributed by atoms with Crippen molar-refractivity contribution >= 4 is 16.6 Å². The Morgan fingerprint density at radius 2 is 1.75 bits per heavy atom. The molecule has 0 fully saturated rings. The van der Waals surface area contributed by atoms with Crippen LogP contribution in [0.4, 0.5) is 5.82 Å². The number of benzene rings is 1. The summed E-state index contributed by atoms with van der Waals surface area (Å²) in [5, 5.41) is 14.1. The molecule has 5 heteroatoms. The number of aromatic nitrogens is 4. The summed E-state index contributed by atoms with van der Waals surface area (Å²) in [5.74, 6) is 0.822. The van der Waals surface area contributed by atoms with E-state index >= 15 is 0 Å². The maximum absolute atomic E-state index is 4.34. The average Bonchev–Trinajstić information content (AvgIpc) is 2.53. The monoisotopic (exact) mass is 265 g/mol. The van der Waals surface area contributed by atoms with Crippen LogP contribution < -0.4 is 5.32 Å². The van der Waals surface area contributed by atoms with Crippen LogP contribution in [0.1, 0.15) is 13.3 Å². The van der Waals surface area contributed by atoms with Gasteiger partial charge in [-0.3, -0.25) is 0 Å². The van der Waals surface area contributed by atoms with E-state index in [4.69, 9.17) is 0 Å². The molecule has 0 bridgehead atoms. The lowest BCUT2D eigenvalue weighted by atomic mass is 10.1. The predicted octanol–water partition coefficient (Wildman–Crippen LogP) is 2.91. The predicted molar refractivity (Wildman–Crippen MR) is 79.3 cm³/mol. The van der Waals surface area contributed by atoms with Crippen molar-refractivity contribution in [3.63, 3.8) is 0 Å². The average molecular weight is 265 g/mol. The van der Waals surface area contributed by atoms with Crippen molar-refractivity contribution in [2.45, 2.75) is 13.3 Å². The highest BCUT2D eigenvalue weighted by atomic mass is 15.2. The van der Waals surface area contributed by atoms with Crippen LogP contribution in [0.2, 0.25) is 0 Å². The van der Waals surface area contributed by atoms with E-state index in [0.717, 1.165) is 40.8 Å². The highest BCUT2D eigenvalue weighted by Gasteiger charge is 2.10. The molecule has 0 saturated carbocycles. The molecule has 2 aromatic heterocycles. The Labute approximate surface area is 117 Å². The van der Waals surface area contributed by atoms with Gasteiger partial charge in [-0.1, -0.05) is 31.2 Å². The minimum atomic E-state index is 0.809. The second-order valence-electron chi connectivity index (χ2n) is 4.50. The molecule has 20 heavy (non-hydrogen) atoms. The van der Waals surface area contributed by atoms with Crippen molar-refractivity contribution in [2.24, 2.45) is 0 Å². The maximum Gasteiger partial charge on any atom is 0.156 e. The summed E-state index contributed by atoms with van der Waals surface area (Å²) >= 11 is 0. The molecule has 0 amide bonds. The lowest BCUT2D eigenvalue weighted by Crippen LogP contribution is -2.04. The number of hydrogen-bond donors (Lipinski definition) is 1. The van der Waals surface area contributed by atoms with E-state index in [0.29, 0.717) is 0 Å². The first-order valence-electron chi connectivity index (χ1n) is 6.65. The Balaban J connectivity index is 2.16. The zero-order valence-electron chi connectivity index (χ0n) is 11.2. The zero-order chi connectivity index (χ0) is 13.8. The van der Waals surface area contributed by atoms with Gasteiger partial charge in [0, 0.05) is 35.3 Å². The molecule has 0 unspecified atom stereocenters. The van der Waals surface area contributed by atoms with Gasteiger partial charge < -0.3 is 5.32 Å². The highest BCUT2D eigenvalue weighted by molar-refractivity contribution is 5.99. The van der Waals surface area contributed by atoms with Crippen LogP contribution in [0.25, 0.3) is 22.0 Å². The van der Waals surface area contributed by atoms with Crippen molar-refractivity contribution < 1.29 is 0 Å². The number of nitrogens with zero attached hydrogens (tertiary/aromatic N) is 4. The number of rotatable bonds is 4. The van der Waals surface area contributed by atoms with Crippen LogP contribution in [0.5, 0.6) is 0 Å². The molecule has 0 saturated heterocycles. The molecular formula is C15H15N5. The summed E-state index contributed by atoms with van der Waals surface area (Å²) in [6.07, 6.45) is 6.06. The van der Waals surface area contributed by atoms with E-state index in [-0.39, 0.29) is 0 Å². The standard InChI is InChI=1S/C15H15N5/c1-2-7-18-15-13-6-4-3-5-12(13)14(19-20-15)11-8-16-10-17-9-11/h3-6,8-10H,2,7H2,1H3,(H,18,20). The zero-order valence-corrected chi connectivity index (χ0v) is 11.2. The van der Waals surface area contributed by atoms with E-state index < -0.39 is 0 Å². The van der Waals surface area contributed by atoms with E-state index in [9.17, 15) is 0 Å². The van der Waals surface area contributed by atoms with Gasteiger partial charge in [0.2, 0.25) is 0 Å². The molecule has 0 aliphatic rings. The van der Waals surface area contributed by atoms with Crippen LogP contribution in [0.15, 0.2) is 43.0 Å². The Hall–Kier alpha value is -2.56. The lowest BCUT2D eigenvalue weighted by molar-refractivity contribution is 0.952. The Bertz CT molecular complexity index is 712. The van der Waals surface area contributed by atoms with Crippen LogP contribution in [0.3, 0.4) is 0 Å². The quantitative estimate of drug-likeness (QED) is 0.785. The molecule has 0 aliphatic heterocycles. The van der Waals surface area contributed by atoms with Crippen LogP contribution in [0, 0.1) is 0 Å². The number of hydrogen-bond acceptors (Lipinski definition) is 5. The molecule has 0 atom stereocenters. The molecule has 0 aliphatic carbocycles. The summed E-state index contributed by atoms with van der Waals surface area (Å²) in [5.41, 5.74) is 1.68. The first-order chi connectivity index (χ1) is 9.90. The van der Waals surface area contributed by atoms with Gasteiger partial charge in [-0.05, 0) is 6.42 Å². The van der Waals surface area contributed by atoms with Gasteiger partial charge in [0.15, 0.2) is 5.82 Å². The van der Waals surface area contributed by atoms with E-state index in [1.807, 2.05) is 18.2 Å². The fourth-order valence-electron chi connectivity index (χ4n) is 2.11. The van der Waals surface area contributed by atoms with Gasteiger partial charge in [-0.2, -0.15) is 0 Å². The third-order valence-corrected chi connectivity index (χ3v) is 3.06. The first-order valence-corrected chi connectivity index (χ1v) is 6.65. The SMILES string of the molecule is CCCNc1nnc(-c2cncnc2)c2ccccc12. The van der Waals surface area contributed by atoms with Crippen molar-refractivity contribution in [1.29, 1.82) is 0 Å². The van der Waals surface area contributed by atoms with Crippen molar-refractivity contribution in [1.82, 2.24) is 20.2 Å². The Kier molecular flexibility index (Phi) is 3.50. The molecule has 3 rings (SSSR count). The molecule has 0 radical (unpaired) electrons. The molecule has 1 N–H and O–H groups in total. The van der Waals surface area contributed by atoms with Gasteiger partial charge in [-0.15, -0.1) is 10.2 Å². The highest BCUT2D eigenvalue weighted by Crippen LogP contribution is 2.28. The Morgan fingerprint density at radius 1 is 1.00 bits per heavy atom. The summed E-state index contributed by atoms with van der Waals surface area (Å²) in [4.78, 5) is 8.09. The smallest absolute Gasteiger partial charge is 0.156 e. The maximum atomic E-state index is 4.34. The third-order valence-electron chi connectivity index (χ3n) is 3.06. The summed E-state index contributed by atoms with van der Waals surface area (Å²) in [6, 6.07) is 8.10. The van der Waals surface area contributed by atoms with Crippen LogP contribution in [-0.4, -0.2) is 26.7 Å². The molecule has 100 valence electrons. The largest absolute Gasteiger partial charge is 0.368 e. The third kappa shape index (κ3) is 2.30. The first kappa shape index (κ1) is 12.5. The van der Waals surface area contributed by atoms with Gasteiger partial charge in [0.25, 0.3) is 0 Å². The molecule has 0 spiro atoms.